The van der Waals surface area contributed by atoms with E-state index in [1.807, 2.05) is 0 Å². The van der Waals surface area contributed by atoms with E-state index in [0.29, 0.717) is 21.2 Å². The lowest BCUT2D eigenvalue weighted by Gasteiger charge is -2.06. The maximum atomic E-state index is 11.7. The van der Waals surface area contributed by atoms with Crippen LogP contribution >= 0.6 is 23.2 Å². The molecule has 2 N–H and O–H groups in total. The maximum Gasteiger partial charge on any atom is 0.329 e. The van der Waals surface area contributed by atoms with Gasteiger partial charge in [0.2, 0.25) is 0 Å². The first-order chi connectivity index (χ1) is 12.4. The molecule has 0 heterocycles. The van der Waals surface area contributed by atoms with Crippen LogP contribution in [-0.4, -0.2) is 23.0 Å². The predicted molar refractivity (Wildman–Crippen MR) is 97.1 cm³/mol. The van der Waals surface area contributed by atoms with Gasteiger partial charge in [-0.2, -0.15) is 5.10 Å². The summed E-state index contributed by atoms with van der Waals surface area (Å²) in [5, 5.41) is 17.4. The average Bonchev–Trinajstić information content (AvgIpc) is 2.61. The van der Waals surface area contributed by atoms with Crippen LogP contribution in [0, 0.1) is 10.1 Å². The van der Waals surface area contributed by atoms with Gasteiger partial charge in [0, 0.05) is 28.7 Å². The van der Waals surface area contributed by atoms with Gasteiger partial charge in [0.1, 0.15) is 0 Å². The van der Waals surface area contributed by atoms with Gasteiger partial charge >= 0.3 is 11.8 Å². The SMILES string of the molecule is O=C(NCc1ccc(Cl)cc1Cl)C(=O)N/N=C\c1ccc([N+](=O)[O-])cc1. The number of nitrogens with zero attached hydrogens (tertiary/aromatic N) is 2. The minimum absolute atomic E-state index is 0.0499. The fourth-order valence-corrected chi connectivity index (χ4v) is 2.29. The molecular weight excluding hydrogens is 383 g/mol. The normalized spacial score (nSPS) is 10.5. The molecule has 0 spiro atoms. The lowest BCUT2D eigenvalue weighted by Crippen LogP contribution is -2.37. The molecule has 0 saturated heterocycles. The Hall–Kier alpha value is -2.97. The molecule has 8 nitrogen and oxygen atoms in total. The summed E-state index contributed by atoms with van der Waals surface area (Å²) in [5.41, 5.74) is 3.12. The van der Waals surface area contributed by atoms with Crippen LogP contribution in [0.4, 0.5) is 5.69 Å². The van der Waals surface area contributed by atoms with Crippen molar-refractivity contribution in [1.82, 2.24) is 10.7 Å². The van der Waals surface area contributed by atoms with Crippen molar-refractivity contribution in [3.8, 4) is 0 Å². The van der Waals surface area contributed by atoms with Crippen LogP contribution in [0.25, 0.3) is 0 Å². The summed E-state index contributed by atoms with van der Waals surface area (Å²) >= 11 is 11.7. The summed E-state index contributed by atoms with van der Waals surface area (Å²) in [6.07, 6.45) is 1.25. The minimum atomic E-state index is -0.965. The van der Waals surface area contributed by atoms with E-state index in [4.69, 9.17) is 23.2 Å². The molecule has 26 heavy (non-hydrogen) atoms. The number of nitro groups is 1. The van der Waals surface area contributed by atoms with Crippen molar-refractivity contribution < 1.29 is 14.5 Å². The van der Waals surface area contributed by atoms with Gasteiger partial charge in [-0.05, 0) is 35.4 Å². The molecule has 0 aromatic heterocycles. The molecule has 2 aromatic rings. The van der Waals surface area contributed by atoms with E-state index < -0.39 is 16.7 Å². The predicted octanol–water partition coefficient (Wildman–Crippen LogP) is 2.67. The van der Waals surface area contributed by atoms with Crippen molar-refractivity contribution >= 4 is 46.9 Å². The summed E-state index contributed by atoms with van der Waals surface area (Å²) in [6, 6.07) is 10.3. The molecule has 2 amide bonds. The number of amides is 2. The van der Waals surface area contributed by atoms with Gasteiger partial charge in [0.05, 0.1) is 11.1 Å². The molecule has 0 bridgehead atoms. The van der Waals surface area contributed by atoms with Gasteiger partial charge in [0.25, 0.3) is 5.69 Å². The third-order valence-electron chi connectivity index (χ3n) is 3.14. The van der Waals surface area contributed by atoms with E-state index in [0.717, 1.165) is 0 Å². The second kappa shape index (κ2) is 8.93. The van der Waals surface area contributed by atoms with Crippen molar-refractivity contribution in [2.45, 2.75) is 6.54 Å². The van der Waals surface area contributed by atoms with Gasteiger partial charge in [-0.1, -0.05) is 29.3 Å². The molecule has 0 radical (unpaired) electrons. The molecule has 2 aromatic carbocycles. The molecule has 134 valence electrons. The van der Waals surface area contributed by atoms with Crippen LogP contribution in [0.15, 0.2) is 47.6 Å². The Morgan fingerprint density at radius 2 is 1.81 bits per heavy atom. The Kier molecular flexibility index (Phi) is 6.65. The Morgan fingerprint density at radius 3 is 2.42 bits per heavy atom. The molecule has 10 heteroatoms. The number of hydrogen-bond acceptors (Lipinski definition) is 5. The second-order valence-electron chi connectivity index (χ2n) is 4.97. The molecule has 0 aliphatic heterocycles. The maximum absolute atomic E-state index is 11.7. The molecule has 0 atom stereocenters. The summed E-state index contributed by atoms with van der Waals surface area (Å²) in [6.45, 7) is 0.0499. The number of nitro benzene ring substituents is 1. The molecular formula is C16H12Cl2N4O4. The van der Waals surface area contributed by atoms with E-state index in [2.05, 4.69) is 15.8 Å². The van der Waals surface area contributed by atoms with E-state index in [1.54, 1.807) is 12.1 Å². The molecule has 2 rings (SSSR count). The second-order valence-corrected chi connectivity index (χ2v) is 5.81. The van der Waals surface area contributed by atoms with Crippen molar-refractivity contribution in [3.05, 3.63) is 73.8 Å². The van der Waals surface area contributed by atoms with Crippen molar-refractivity contribution in [2.24, 2.45) is 5.10 Å². The molecule has 0 fully saturated rings. The molecule has 0 unspecified atom stereocenters. The number of carbonyl (C=O) groups is 2. The zero-order chi connectivity index (χ0) is 19.1. The highest BCUT2D eigenvalue weighted by molar-refractivity contribution is 6.36. The number of rotatable bonds is 5. The third kappa shape index (κ3) is 5.54. The number of halogens is 2. The smallest absolute Gasteiger partial charge is 0.329 e. The topological polar surface area (TPSA) is 114 Å². The highest BCUT2D eigenvalue weighted by Crippen LogP contribution is 2.20. The third-order valence-corrected chi connectivity index (χ3v) is 3.73. The summed E-state index contributed by atoms with van der Waals surface area (Å²) < 4.78 is 0. The average molecular weight is 395 g/mol. The molecule has 0 aliphatic carbocycles. The van der Waals surface area contributed by atoms with Gasteiger partial charge in [-0.15, -0.1) is 0 Å². The van der Waals surface area contributed by atoms with Crippen LogP contribution in [0.1, 0.15) is 11.1 Å². The summed E-state index contributed by atoms with van der Waals surface area (Å²) in [5.74, 6) is -1.86. The van der Waals surface area contributed by atoms with Gasteiger partial charge in [-0.3, -0.25) is 19.7 Å². The monoisotopic (exact) mass is 394 g/mol. The van der Waals surface area contributed by atoms with Crippen LogP contribution < -0.4 is 10.7 Å². The van der Waals surface area contributed by atoms with Crippen LogP contribution in [0.3, 0.4) is 0 Å². The molecule has 0 saturated carbocycles. The first-order valence-corrected chi connectivity index (χ1v) is 7.92. The first-order valence-electron chi connectivity index (χ1n) is 7.16. The van der Waals surface area contributed by atoms with Gasteiger partial charge < -0.3 is 5.32 Å². The highest BCUT2D eigenvalue weighted by Gasteiger charge is 2.13. The van der Waals surface area contributed by atoms with E-state index >= 15 is 0 Å². The summed E-state index contributed by atoms with van der Waals surface area (Å²) in [7, 11) is 0. The van der Waals surface area contributed by atoms with Crippen molar-refractivity contribution in [2.75, 3.05) is 0 Å². The van der Waals surface area contributed by atoms with Crippen LogP contribution in [0.2, 0.25) is 10.0 Å². The zero-order valence-corrected chi connectivity index (χ0v) is 14.6. The largest absolute Gasteiger partial charge is 0.344 e. The lowest BCUT2D eigenvalue weighted by atomic mass is 10.2. The number of carbonyl (C=O) groups excluding carboxylic acids is 2. The Balaban J connectivity index is 1.84. The Bertz CT molecular complexity index is 869. The van der Waals surface area contributed by atoms with Crippen molar-refractivity contribution in [1.29, 1.82) is 0 Å². The Labute approximate surface area is 157 Å². The van der Waals surface area contributed by atoms with Crippen LogP contribution in [-0.2, 0) is 16.1 Å². The molecule has 0 aliphatic rings. The van der Waals surface area contributed by atoms with E-state index in [-0.39, 0.29) is 12.2 Å². The Morgan fingerprint density at radius 1 is 1.12 bits per heavy atom. The highest BCUT2D eigenvalue weighted by atomic mass is 35.5. The number of benzene rings is 2. The van der Waals surface area contributed by atoms with Crippen LogP contribution in [0.5, 0.6) is 0 Å². The van der Waals surface area contributed by atoms with Gasteiger partial charge in [-0.25, -0.2) is 5.43 Å². The number of non-ortho nitro benzene ring substituents is 1. The van der Waals surface area contributed by atoms with Crippen molar-refractivity contribution in [3.63, 3.8) is 0 Å². The number of hydrogen-bond donors (Lipinski definition) is 2. The fraction of sp³-hybridized carbons (Fsp3) is 0.0625. The quantitative estimate of drug-likeness (QED) is 0.351. The van der Waals surface area contributed by atoms with Gasteiger partial charge in [0.15, 0.2) is 0 Å². The standard InChI is InChI=1S/C16H12Cl2N4O4/c17-12-4-3-11(14(18)7-12)9-19-15(23)16(24)21-20-8-10-1-5-13(6-2-10)22(25)26/h1-8H,9H2,(H,19,23)(H,21,24)/b20-8-. The number of nitrogens with one attached hydrogen (secondary N) is 2. The zero-order valence-electron chi connectivity index (χ0n) is 13.1. The fourth-order valence-electron chi connectivity index (χ4n) is 1.82. The van der Waals surface area contributed by atoms with E-state index in [9.17, 15) is 19.7 Å². The van der Waals surface area contributed by atoms with E-state index in [1.165, 1.54) is 36.5 Å². The first kappa shape index (κ1) is 19.4. The minimum Gasteiger partial charge on any atom is -0.344 e. The summed E-state index contributed by atoms with van der Waals surface area (Å²) in [4.78, 5) is 33.4. The lowest BCUT2D eigenvalue weighted by molar-refractivity contribution is -0.384. The number of hydrazone groups is 1.